The summed E-state index contributed by atoms with van der Waals surface area (Å²) in [5, 5.41) is 5.70. The smallest absolute Gasteiger partial charge is 0.407 e. The molecule has 6 aliphatic carbocycles. The van der Waals surface area contributed by atoms with Crippen molar-refractivity contribution in [1.82, 2.24) is 40.4 Å². The summed E-state index contributed by atoms with van der Waals surface area (Å²) in [6.45, 7) is 0. The van der Waals surface area contributed by atoms with E-state index in [0.717, 1.165) is 123 Å². The molecule has 4 fully saturated rings. The van der Waals surface area contributed by atoms with Crippen molar-refractivity contribution in [2.24, 2.45) is 11.8 Å². The Morgan fingerprint density at radius 3 is 1.58 bits per heavy atom. The number of benzene rings is 3. The van der Waals surface area contributed by atoms with E-state index in [1.165, 1.54) is 60.4 Å². The minimum absolute atomic E-state index is 0.0466. The van der Waals surface area contributed by atoms with Crippen LogP contribution in [0.4, 0.5) is 9.59 Å². The van der Waals surface area contributed by atoms with Crippen LogP contribution in [0.2, 0.25) is 0 Å². The molecule has 4 amide bonds. The van der Waals surface area contributed by atoms with Crippen LogP contribution in [-0.4, -0.2) is 116 Å². The van der Waals surface area contributed by atoms with Crippen LogP contribution in [0.15, 0.2) is 73.1 Å². The number of fused-ring (bicyclic) bond motifs is 2. The van der Waals surface area contributed by atoms with Gasteiger partial charge >= 0.3 is 12.2 Å². The van der Waals surface area contributed by atoms with Gasteiger partial charge in [-0.2, -0.15) is 23.5 Å². The number of carbonyl (C=O) groups excluding carboxylic acids is 4. The molecule has 13 rings (SSSR count). The van der Waals surface area contributed by atoms with Crippen molar-refractivity contribution in [1.29, 1.82) is 0 Å². The Bertz CT molecular complexity index is 2800. The molecule has 4 N–H and O–H groups in total. The number of amides is 4. The minimum atomic E-state index is -0.661. The fourth-order valence-electron chi connectivity index (χ4n) is 13.0. The van der Waals surface area contributed by atoms with Gasteiger partial charge in [-0.15, -0.1) is 0 Å². The van der Waals surface area contributed by atoms with Crippen molar-refractivity contribution in [2.45, 2.75) is 139 Å². The molecule has 2 aliphatic heterocycles. The van der Waals surface area contributed by atoms with E-state index in [-0.39, 0.29) is 36.0 Å². The Balaban J connectivity index is 0.858. The second-order valence-electron chi connectivity index (χ2n) is 21.1. The molecule has 8 atom stereocenters. The summed E-state index contributed by atoms with van der Waals surface area (Å²) in [6.07, 6.45) is 21.6. The number of hydrogen-bond acceptors (Lipinski definition) is 10. The fourth-order valence-corrected chi connectivity index (χ4v) is 13.9. The average Bonchev–Trinajstić information content (AvgIpc) is 4.28. The number of nitrogens with one attached hydrogen (secondary N) is 4. The molecule has 3 aromatic carbocycles. The third kappa shape index (κ3) is 11.0. The van der Waals surface area contributed by atoms with Crippen LogP contribution >= 0.6 is 23.5 Å². The molecule has 74 heavy (non-hydrogen) atoms. The highest BCUT2D eigenvalue weighted by Gasteiger charge is 2.49. The average molecular weight is 1040 g/mol. The van der Waals surface area contributed by atoms with E-state index in [4.69, 9.17) is 19.4 Å². The Morgan fingerprint density at radius 1 is 0.608 bits per heavy atom. The Morgan fingerprint density at radius 2 is 1.07 bits per heavy atom. The van der Waals surface area contributed by atoms with Gasteiger partial charge in [0, 0.05) is 17.6 Å². The van der Waals surface area contributed by atoms with Gasteiger partial charge in [0.2, 0.25) is 11.8 Å². The topological polar surface area (TPSA) is 175 Å². The number of aromatic nitrogens is 4. The van der Waals surface area contributed by atoms with Crippen LogP contribution in [0.1, 0.15) is 123 Å². The van der Waals surface area contributed by atoms with Crippen LogP contribution in [-0.2, 0) is 44.7 Å². The van der Waals surface area contributed by atoms with E-state index >= 15 is 0 Å². The highest BCUT2D eigenvalue weighted by Crippen LogP contribution is 2.48. The molecule has 0 radical (unpaired) electrons. The zero-order chi connectivity index (χ0) is 51.3. The first-order chi connectivity index (χ1) is 36.1. The Kier molecular flexibility index (Phi) is 16.4. The minimum Gasteiger partial charge on any atom is -0.453 e. The number of thioether (sulfide) groups is 2. The van der Waals surface area contributed by atoms with Crippen LogP contribution in [0.5, 0.6) is 0 Å². The van der Waals surface area contributed by atoms with Crippen LogP contribution in [0.25, 0.3) is 33.6 Å². The quantitative estimate of drug-likeness (QED) is 0.0790. The number of aryl methyl sites for hydroxylation is 4. The predicted molar refractivity (Wildman–Crippen MR) is 293 cm³/mol. The molecule has 4 unspecified atom stereocenters. The van der Waals surface area contributed by atoms with Crippen molar-refractivity contribution < 1.29 is 28.7 Å². The molecule has 2 saturated carbocycles. The van der Waals surface area contributed by atoms with Crippen molar-refractivity contribution in [3.8, 4) is 33.6 Å². The summed E-state index contributed by atoms with van der Waals surface area (Å²) >= 11 is 3.32. The second kappa shape index (κ2) is 23.4. The zero-order valence-corrected chi connectivity index (χ0v) is 45.0. The van der Waals surface area contributed by atoms with E-state index in [1.807, 2.05) is 29.8 Å². The summed E-state index contributed by atoms with van der Waals surface area (Å²) in [5.74, 6) is 3.80. The number of ether oxygens (including phenoxy) is 2. The van der Waals surface area contributed by atoms with Gasteiger partial charge in [0.15, 0.2) is 0 Å². The van der Waals surface area contributed by atoms with Gasteiger partial charge in [-0.25, -0.2) is 19.6 Å². The predicted octanol–water partition coefficient (Wildman–Crippen LogP) is 10.6. The molecular weight excluding hydrogens is 969 g/mol. The van der Waals surface area contributed by atoms with Gasteiger partial charge in [0.05, 0.1) is 50.1 Å². The third-order valence-corrected chi connectivity index (χ3v) is 18.1. The van der Waals surface area contributed by atoms with Gasteiger partial charge in [0.1, 0.15) is 23.7 Å². The maximum atomic E-state index is 14.5. The Hall–Kier alpha value is -5.74. The van der Waals surface area contributed by atoms with Gasteiger partial charge in [-0.1, -0.05) is 80.3 Å². The second-order valence-corrected chi connectivity index (χ2v) is 23.1. The number of rotatable bonds is 15. The monoisotopic (exact) mass is 1040 g/mol. The Labute approximate surface area is 444 Å². The number of nitrogens with zero attached hydrogens (tertiary/aromatic N) is 4. The number of alkyl carbamates (subject to hydrolysis) is 2. The standard InChI is InChI=1S/C58H72N8O6S2/c1-71-57(69)63-45(25-27-73-3)55(67)65-49-11-7-5-9-41(49)31-51(65)53-59-33-47(61-53)40-23-21-38(22-24-40)43-29-35-13-17-37(43)18-14-36-16-20-39(19-15-35)44(30-36)48-34-60-54(62-48)52-32-42-10-6-8-12-50(42)66(52)56(68)46(26-28-74-4)64-58(70)72-2/h13,16-17,20-24,29-30,33-34,41-42,45-46,49-52H,5-12,14-15,18-19,25-28,31-32H2,1-4H3,(H,59,61)(H,60,62)(H,63,69)(H,64,70)/t41?,42?,45-,46-,49?,50?,51-,52-/m0/s1. The SMILES string of the molecule is COC(=O)N[C@@H](CCSC)C(=O)N1C2CCCCC2C[C@H]1c1ncc(-c2ccc(-c3cc4ccc3CCc3ccc(c(-c5cnc([C@@H]6CC7CCCCC7N6C(=O)[C@H](CCSC)NC(=O)OC)[nH]5)c3)CC4)cc2)[nH]1. The largest absolute Gasteiger partial charge is 0.453 e. The first-order valence-electron chi connectivity index (χ1n) is 26.9. The highest BCUT2D eigenvalue weighted by molar-refractivity contribution is 7.98. The number of carbonyl (C=O) groups is 4. The van der Waals surface area contributed by atoms with E-state index in [1.54, 1.807) is 23.5 Å². The first-order valence-corrected chi connectivity index (χ1v) is 29.7. The lowest BCUT2D eigenvalue weighted by Crippen LogP contribution is -2.52. The molecule has 0 spiro atoms. The number of imidazole rings is 2. The van der Waals surface area contributed by atoms with Gasteiger partial charge in [-0.3, -0.25) is 9.59 Å². The maximum absolute atomic E-state index is 14.5. The first kappa shape index (κ1) is 51.7. The van der Waals surface area contributed by atoms with Crippen LogP contribution in [0.3, 0.4) is 0 Å². The lowest BCUT2D eigenvalue weighted by Gasteiger charge is -2.36. The normalized spacial score (nSPS) is 23.0. The lowest BCUT2D eigenvalue weighted by molar-refractivity contribution is -0.138. The maximum Gasteiger partial charge on any atom is 0.407 e. The summed E-state index contributed by atoms with van der Waals surface area (Å²) in [4.78, 5) is 75.3. The highest BCUT2D eigenvalue weighted by atomic mass is 32.2. The molecule has 392 valence electrons. The van der Waals surface area contributed by atoms with E-state index in [2.05, 4.69) is 86.2 Å². The molecule has 8 aliphatic rings. The molecule has 4 bridgehead atoms. The molecular formula is C58H72N8O6S2. The van der Waals surface area contributed by atoms with Crippen LogP contribution < -0.4 is 10.6 Å². The van der Waals surface area contributed by atoms with E-state index in [9.17, 15) is 19.2 Å². The summed E-state index contributed by atoms with van der Waals surface area (Å²) in [6, 6.07) is 21.2. The number of H-pyrrole nitrogens is 2. The lowest BCUT2D eigenvalue weighted by atomic mass is 9.84. The van der Waals surface area contributed by atoms with E-state index < -0.39 is 24.3 Å². The number of methoxy groups -OCH3 is 2. The molecule has 5 aromatic rings. The van der Waals surface area contributed by atoms with Gasteiger partial charge in [-0.05, 0) is 158 Å². The molecule has 14 nitrogen and oxygen atoms in total. The van der Waals surface area contributed by atoms with E-state index in [0.29, 0.717) is 24.7 Å². The van der Waals surface area contributed by atoms with Crippen molar-refractivity contribution in [3.05, 3.63) is 107 Å². The number of hydrogen-bond donors (Lipinski definition) is 4. The molecule has 2 saturated heterocycles. The van der Waals surface area contributed by atoms with Gasteiger partial charge < -0.3 is 39.9 Å². The van der Waals surface area contributed by atoms with Crippen molar-refractivity contribution in [3.63, 3.8) is 0 Å². The van der Waals surface area contributed by atoms with Crippen molar-refractivity contribution >= 4 is 47.5 Å². The number of aromatic amines is 2. The number of likely N-dealkylation sites (tertiary alicyclic amines) is 2. The molecule has 16 heteroatoms. The fraction of sp³-hybridized carbons (Fsp3) is 0.517. The molecule has 4 heterocycles. The molecule has 2 aromatic heterocycles. The van der Waals surface area contributed by atoms with Crippen LogP contribution in [0, 0.1) is 11.8 Å². The zero-order valence-electron chi connectivity index (χ0n) is 43.3. The summed E-state index contributed by atoms with van der Waals surface area (Å²) in [5.41, 5.74) is 11.6. The third-order valence-electron chi connectivity index (χ3n) is 16.8. The van der Waals surface area contributed by atoms with Crippen molar-refractivity contribution in [2.75, 3.05) is 38.2 Å². The summed E-state index contributed by atoms with van der Waals surface area (Å²) < 4.78 is 9.89. The van der Waals surface area contributed by atoms with Gasteiger partial charge in [0.25, 0.3) is 0 Å². The summed E-state index contributed by atoms with van der Waals surface area (Å²) in [7, 11) is 2.68.